The van der Waals surface area contributed by atoms with Crippen molar-refractivity contribution in [1.82, 2.24) is 5.32 Å². The summed E-state index contributed by atoms with van der Waals surface area (Å²) in [4.78, 5) is 0. The molecule has 3 nitrogen and oxygen atoms in total. The van der Waals surface area contributed by atoms with E-state index in [1.165, 1.54) is 6.42 Å². The van der Waals surface area contributed by atoms with Gasteiger partial charge >= 0.3 is 0 Å². The molecule has 0 amide bonds. The Balaban J connectivity index is 0. The molecule has 1 saturated heterocycles. The van der Waals surface area contributed by atoms with Gasteiger partial charge in [-0.2, -0.15) is 5.92 Å². The fourth-order valence-corrected chi connectivity index (χ4v) is 4.77. The van der Waals surface area contributed by atoms with E-state index in [2.05, 4.69) is 95.3 Å². The van der Waals surface area contributed by atoms with Crippen LogP contribution in [-0.2, 0) is 37.4 Å². The monoisotopic (exact) mass is 529 g/mol. The molecule has 0 aromatic heterocycles. The summed E-state index contributed by atoms with van der Waals surface area (Å²) in [6, 6.07) is 0. The Morgan fingerprint density at radius 2 is 1.38 bits per heavy atom. The van der Waals surface area contributed by atoms with Crippen molar-refractivity contribution in [2.24, 2.45) is 52.3 Å². The maximum Gasteiger partial charge on any atom is 0.157 e. The summed E-state index contributed by atoms with van der Waals surface area (Å²) in [5.74, 6) is 4.03. The van der Waals surface area contributed by atoms with Gasteiger partial charge in [0.15, 0.2) is 6.29 Å². The smallest absolute Gasteiger partial charge is 0.157 e. The Labute approximate surface area is 227 Å². The van der Waals surface area contributed by atoms with E-state index in [1.807, 2.05) is 7.05 Å². The molecule has 0 aromatic rings. The zero-order valence-electron chi connectivity index (χ0n) is 24.0. The third kappa shape index (κ3) is 13.2. The van der Waals surface area contributed by atoms with Crippen molar-refractivity contribution in [3.63, 3.8) is 0 Å². The summed E-state index contributed by atoms with van der Waals surface area (Å²) in [5, 5.41) is 13.1. The number of hydrogen-bond donors (Lipinski definition) is 2. The van der Waals surface area contributed by atoms with E-state index in [-0.39, 0.29) is 50.1 Å². The summed E-state index contributed by atoms with van der Waals surface area (Å²) in [6.07, 6.45) is 1.85. The van der Waals surface area contributed by atoms with Gasteiger partial charge in [0.25, 0.3) is 0 Å². The molecule has 191 valence electrons. The summed E-state index contributed by atoms with van der Waals surface area (Å²) < 4.78 is 5.71. The average Bonchev–Trinajstić information content (AvgIpc) is 2.61. The van der Waals surface area contributed by atoms with Crippen LogP contribution < -0.4 is 5.32 Å². The van der Waals surface area contributed by atoms with Crippen molar-refractivity contribution in [3.05, 3.63) is 6.92 Å². The minimum atomic E-state index is -0.580. The minimum Gasteiger partial charge on any atom is -0.368 e. The van der Waals surface area contributed by atoms with Crippen LogP contribution in [0, 0.1) is 59.2 Å². The average molecular weight is 530 g/mol. The van der Waals surface area contributed by atoms with Gasteiger partial charge in [-0.25, -0.2) is 0 Å². The molecule has 9 atom stereocenters. The van der Waals surface area contributed by atoms with Gasteiger partial charge in [-0.1, -0.05) is 95.4 Å². The molecule has 1 aliphatic heterocycles. The second kappa shape index (κ2) is 15.2. The van der Waals surface area contributed by atoms with Crippen LogP contribution in [-0.4, -0.2) is 31.1 Å². The van der Waals surface area contributed by atoms with Crippen LogP contribution >= 0.6 is 0 Å². The molecule has 4 heteroatoms. The second-order valence-corrected chi connectivity index (χ2v) is 13.2. The molecule has 1 aliphatic rings. The van der Waals surface area contributed by atoms with E-state index in [4.69, 9.17) is 4.74 Å². The van der Waals surface area contributed by atoms with Crippen molar-refractivity contribution >= 4 is 0 Å². The van der Waals surface area contributed by atoms with Gasteiger partial charge in [0.1, 0.15) is 0 Å². The van der Waals surface area contributed by atoms with Crippen molar-refractivity contribution < 1.29 is 42.6 Å². The van der Waals surface area contributed by atoms with Crippen LogP contribution in [0.15, 0.2) is 0 Å². The number of hydrogen-bond acceptors (Lipinski definition) is 3. The van der Waals surface area contributed by atoms with Gasteiger partial charge in [0, 0.05) is 38.6 Å². The minimum absolute atomic E-state index is 0. The van der Waals surface area contributed by atoms with Gasteiger partial charge in [0.2, 0.25) is 0 Å². The van der Waals surface area contributed by atoms with Crippen molar-refractivity contribution in [3.8, 4) is 0 Å². The van der Waals surface area contributed by atoms with E-state index in [0.717, 1.165) is 24.8 Å². The number of aliphatic hydroxyl groups excluding tert-OH is 1. The van der Waals surface area contributed by atoms with Crippen molar-refractivity contribution in [1.29, 1.82) is 0 Å². The van der Waals surface area contributed by atoms with Gasteiger partial charge in [-0.05, 0) is 54.5 Å². The maximum absolute atomic E-state index is 9.81. The Kier molecular flexibility index (Phi) is 16.7. The van der Waals surface area contributed by atoms with Crippen LogP contribution in [0.3, 0.4) is 0 Å². The zero-order valence-corrected chi connectivity index (χ0v) is 26.8. The summed E-state index contributed by atoms with van der Waals surface area (Å²) in [6.45, 7) is 32.6. The summed E-state index contributed by atoms with van der Waals surface area (Å²) >= 11 is 0. The first-order chi connectivity index (χ1) is 13.9. The Bertz CT molecular complexity index is 485. The van der Waals surface area contributed by atoms with Crippen LogP contribution in [0.2, 0.25) is 0 Å². The van der Waals surface area contributed by atoms with Crippen LogP contribution in [0.5, 0.6) is 0 Å². The normalized spacial score (nSPS) is 30.3. The first-order valence-corrected chi connectivity index (χ1v) is 12.7. The molecular weight excluding hydrogens is 471 g/mol. The molecule has 32 heavy (non-hydrogen) atoms. The maximum atomic E-state index is 9.81. The van der Waals surface area contributed by atoms with E-state index in [1.54, 1.807) is 0 Å². The largest absolute Gasteiger partial charge is 0.368 e. The Morgan fingerprint density at radius 3 is 1.78 bits per heavy atom. The van der Waals surface area contributed by atoms with E-state index in [0.29, 0.717) is 29.1 Å². The molecule has 0 saturated carbocycles. The third-order valence-corrected chi connectivity index (χ3v) is 7.69. The fraction of sp³-hybridized carbons (Fsp3) is 0.964. The predicted molar refractivity (Wildman–Crippen MR) is 137 cm³/mol. The van der Waals surface area contributed by atoms with Gasteiger partial charge in [0.05, 0.1) is 6.10 Å². The van der Waals surface area contributed by atoms with E-state index in [9.17, 15) is 5.11 Å². The molecule has 1 fully saturated rings. The van der Waals surface area contributed by atoms with Crippen molar-refractivity contribution in [2.45, 2.75) is 108 Å². The summed E-state index contributed by atoms with van der Waals surface area (Å²) in [7, 11) is 2.03. The first-order valence-electron chi connectivity index (χ1n) is 12.7. The Hall–Kier alpha value is 0.984. The molecule has 0 spiro atoms. The third-order valence-electron chi connectivity index (χ3n) is 7.69. The number of nitrogens with one attached hydrogen (secondary N) is 1. The van der Waals surface area contributed by atoms with E-state index >= 15 is 0 Å². The standard InChI is InChI=1S/C15H32N.C13H26O2.Y/c1-11(9-15(5,6)7)13(3)14(4)12(2)10-16-8;1-8-9(2)11(7-13(4,5)6)15-12(14)10(8)3;/h11-14,16H,1,9-10H2,2-8H3;8-12,14H,7H2,1-6H3;/q-1;;/t11?,12?,13-,14-;8-,9-,10?,11?,12-;/m10./s1. The quantitative estimate of drug-likeness (QED) is 0.348. The van der Waals surface area contributed by atoms with Crippen LogP contribution in [0.25, 0.3) is 0 Å². The first kappa shape index (κ1) is 35.1. The molecule has 1 rings (SSSR count). The molecule has 0 bridgehead atoms. The van der Waals surface area contributed by atoms with Crippen LogP contribution in [0.1, 0.15) is 95.9 Å². The van der Waals surface area contributed by atoms with Crippen LogP contribution in [0.4, 0.5) is 0 Å². The molecule has 2 N–H and O–H groups in total. The number of aliphatic hydroxyl groups is 1. The topological polar surface area (TPSA) is 41.5 Å². The van der Waals surface area contributed by atoms with Gasteiger partial charge in [-0.3, -0.25) is 0 Å². The number of rotatable bonds is 7. The molecule has 4 unspecified atom stereocenters. The molecule has 1 radical (unpaired) electrons. The van der Waals surface area contributed by atoms with Gasteiger partial charge < -0.3 is 22.1 Å². The number of ether oxygens (including phenoxy) is 1. The fourth-order valence-electron chi connectivity index (χ4n) is 4.77. The second-order valence-electron chi connectivity index (χ2n) is 13.2. The zero-order chi connectivity index (χ0) is 24.7. The molecular formula is C28H58NO2Y-. The van der Waals surface area contributed by atoms with E-state index < -0.39 is 6.29 Å². The summed E-state index contributed by atoms with van der Waals surface area (Å²) in [5.41, 5.74) is 0.658. The molecule has 0 aromatic carbocycles. The molecule has 1 heterocycles. The predicted octanol–water partition coefficient (Wildman–Crippen LogP) is 7.05. The molecule has 0 aliphatic carbocycles. The Morgan fingerprint density at radius 1 is 0.875 bits per heavy atom. The van der Waals surface area contributed by atoms with Gasteiger partial charge in [-0.15, -0.1) is 0 Å². The SMILES string of the molecule is CC1[C@@H](C)[C@H](C)C(CC(C)(C)C)O[C@@H]1O.[CH2-]C(CC(C)(C)C)[C@@H](C)[C@H](C)C(C)CNC.[Y]. The van der Waals surface area contributed by atoms with Crippen molar-refractivity contribution in [2.75, 3.05) is 13.6 Å².